The highest BCUT2D eigenvalue weighted by atomic mass is 16.2. The molecule has 7 nitrogen and oxygen atoms in total. The summed E-state index contributed by atoms with van der Waals surface area (Å²) in [6, 6.07) is 10.6. The molecule has 2 amide bonds. The third-order valence-corrected chi connectivity index (χ3v) is 4.99. The molecule has 2 N–H and O–H groups in total. The summed E-state index contributed by atoms with van der Waals surface area (Å²) < 4.78 is 0. The summed E-state index contributed by atoms with van der Waals surface area (Å²) in [6.07, 6.45) is 1.43. The molecule has 0 radical (unpaired) electrons. The lowest BCUT2D eigenvalue weighted by atomic mass is 10.1. The average Bonchev–Trinajstić information content (AvgIpc) is 3.03. The van der Waals surface area contributed by atoms with Gasteiger partial charge in [-0.25, -0.2) is 0 Å². The fourth-order valence-electron chi connectivity index (χ4n) is 3.55. The standard InChI is InChI=1S/C20H20N4O3/c1-13-18(15-4-2-3-5-16(15)22-13)20(27)24-10-8-23(9-11-24)19(26)14-6-7-17(25)21-12-14/h2-7,12,22H,8-11H2,1H3,(H,21,25). The van der Waals surface area contributed by atoms with Crippen LogP contribution in [0.3, 0.4) is 0 Å². The van der Waals surface area contributed by atoms with Gasteiger partial charge in [-0.3, -0.25) is 14.4 Å². The smallest absolute Gasteiger partial charge is 0.256 e. The minimum absolute atomic E-state index is 0.0129. The first-order valence-corrected chi connectivity index (χ1v) is 8.89. The zero-order valence-corrected chi connectivity index (χ0v) is 15.0. The number of rotatable bonds is 2. The number of benzene rings is 1. The van der Waals surface area contributed by atoms with Crippen molar-refractivity contribution in [1.29, 1.82) is 0 Å². The van der Waals surface area contributed by atoms with E-state index in [-0.39, 0.29) is 17.4 Å². The van der Waals surface area contributed by atoms with Crippen LogP contribution in [0.25, 0.3) is 10.9 Å². The van der Waals surface area contributed by atoms with Gasteiger partial charge >= 0.3 is 0 Å². The molecule has 1 aliphatic heterocycles. The SMILES string of the molecule is Cc1[nH]c2ccccc2c1C(=O)N1CCN(C(=O)c2ccc(=O)[nH]c2)CC1. The van der Waals surface area contributed by atoms with E-state index in [1.165, 1.54) is 18.3 Å². The summed E-state index contributed by atoms with van der Waals surface area (Å²) >= 11 is 0. The molecule has 1 fully saturated rings. The Morgan fingerprint density at radius 3 is 2.26 bits per heavy atom. The topological polar surface area (TPSA) is 89.3 Å². The van der Waals surface area contributed by atoms with Crippen molar-refractivity contribution in [3.63, 3.8) is 0 Å². The monoisotopic (exact) mass is 364 g/mol. The Morgan fingerprint density at radius 1 is 0.926 bits per heavy atom. The van der Waals surface area contributed by atoms with E-state index in [0.29, 0.717) is 37.3 Å². The van der Waals surface area contributed by atoms with Gasteiger partial charge in [0.15, 0.2) is 0 Å². The van der Waals surface area contributed by atoms with Gasteiger partial charge in [0, 0.05) is 55.0 Å². The lowest BCUT2D eigenvalue weighted by molar-refractivity contribution is 0.0536. The Kier molecular flexibility index (Phi) is 4.27. The minimum atomic E-state index is -0.240. The molecule has 27 heavy (non-hydrogen) atoms. The van der Waals surface area contributed by atoms with E-state index in [1.807, 2.05) is 31.2 Å². The first kappa shape index (κ1) is 17.1. The van der Waals surface area contributed by atoms with Crippen LogP contribution in [0.2, 0.25) is 0 Å². The molecule has 0 saturated carbocycles. The highest BCUT2D eigenvalue weighted by Gasteiger charge is 2.27. The minimum Gasteiger partial charge on any atom is -0.358 e. The number of aromatic amines is 2. The van der Waals surface area contributed by atoms with Crippen LogP contribution < -0.4 is 5.56 Å². The Hall–Kier alpha value is -3.35. The molecule has 4 rings (SSSR count). The Morgan fingerprint density at radius 2 is 1.59 bits per heavy atom. The number of fused-ring (bicyclic) bond motifs is 1. The van der Waals surface area contributed by atoms with Gasteiger partial charge in [0.1, 0.15) is 0 Å². The van der Waals surface area contributed by atoms with Crippen molar-refractivity contribution in [1.82, 2.24) is 19.8 Å². The third-order valence-electron chi connectivity index (χ3n) is 4.99. The number of piperazine rings is 1. The van der Waals surface area contributed by atoms with E-state index in [2.05, 4.69) is 9.97 Å². The van der Waals surface area contributed by atoms with E-state index >= 15 is 0 Å². The zero-order valence-electron chi connectivity index (χ0n) is 15.0. The summed E-state index contributed by atoms with van der Waals surface area (Å²) in [4.78, 5) is 46.0. The molecule has 138 valence electrons. The summed E-state index contributed by atoms with van der Waals surface area (Å²) in [5, 5.41) is 0.923. The Labute approximate surface area is 155 Å². The van der Waals surface area contributed by atoms with Crippen LogP contribution in [-0.2, 0) is 0 Å². The molecule has 0 aliphatic carbocycles. The lowest BCUT2D eigenvalue weighted by Crippen LogP contribution is -2.50. The van der Waals surface area contributed by atoms with Crippen LogP contribution in [-0.4, -0.2) is 57.8 Å². The molecule has 0 spiro atoms. The van der Waals surface area contributed by atoms with Crippen LogP contribution in [0.15, 0.2) is 47.4 Å². The third kappa shape index (κ3) is 3.12. The van der Waals surface area contributed by atoms with Gasteiger partial charge in [0.05, 0.1) is 11.1 Å². The normalized spacial score (nSPS) is 14.6. The van der Waals surface area contributed by atoms with Crippen molar-refractivity contribution >= 4 is 22.7 Å². The van der Waals surface area contributed by atoms with Gasteiger partial charge in [0.25, 0.3) is 11.8 Å². The molecule has 0 atom stereocenters. The quantitative estimate of drug-likeness (QED) is 0.726. The predicted octanol–water partition coefficient (Wildman–Crippen LogP) is 1.76. The van der Waals surface area contributed by atoms with Crippen LogP contribution >= 0.6 is 0 Å². The van der Waals surface area contributed by atoms with Crippen LogP contribution in [0.5, 0.6) is 0 Å². The van der Waals surface area contributed by atoms with E-state index in [9.17, 15) is 14.4 Å². The number of amides is 2. The number of aromatic nitrogens is 2. The number of para-hydroxylation sites is 1. The second kappa shape index (κ2) is 6.75. The van der Waals surface area contributed by atoms with Gasteiger partial charge < -0.3 is 19.8 Å². The number of H-pyrrole nitrogens is 2. The highest BCUT2D eigenvalue weighted by molar-refractivity contribution is 6.08. The fourth-order valence-corrected chi connectivity index (χ4v) is 3.55. The van der Waals surface area contributed by atoms with Crippen LogP contribution in [0, 0.1) is 6.92 Å². The van der Waals surface area contributed by atoms with Crippen molar-refractivity contribution in [2.45, 2.75) is 6.92 Å². The molecule has 1 saturated heterocycles. The van der Waals surface area contributed by atoms with Gasteiger partial charge in [0.2, 0.25) is 5.56 Å². The van der Waals surface area contributed by atoms with Crippen molar-refractivity contribution in [2.75, 3.05) is 26.2 Å². The van der Waals surface area contributed by atoms with E-state index in [4.69, 9.17) is 0 Å². The molecular formula is C20H20N4O3. The number of carbonyl (C=O) groups excluding carboxylic acids is 2. The van der Waals surface area contributed by atoms with E-state index in [1.54, 1.807) is 9.80 Å². The maximum absolute atomic E-state index is 13.0. The summed E-state index contributed by atoms with van der Waals surface area (Å²) in [6.45, 7) is 3.79. The summed E-state index contributed by atoms with van der Waals surface area (Å²) in [5.74, 6) is -0.150. The average molecular weight is 364 g/mol. The molecule has 2 aromatic heterocycles. The molecule has 1 aromatic carbocycles. The predicted molar refractivity (Wildman–Crippen MR) is 102 cm³/mol. The number of pyridine rings is 1. The van der Waals surface area contributed by atoms with Gasteiger partial charge in [-0.2, -0.15) is 0 Å². The van der Waals surface area contributed by atoms with E-state index in [0.717, 1.165) is 16.6 Å². The number of hydrogen-bond acceptors (Lipinski definition) is 3. The second-order valence-electron chi connectivity index (χ2n) is 6.70. The molecule has 7 heteroatoms. The van der Waals surface area contributed by atoms with Crippen LogP contribution in [0.1, 0.15) is 26.4 Å². The van der Waals surface area contributed by atoms with Gasteiger partial charge in [-0.1, -0.05) is 18.2 Å². The fraction of sp³-hybridized carbons (Fsp3) is 0.250. The summed E-state index contributed by atoms with van der Waals surface area (Å²) in [7, 11) is 0. The highest BCUT2D eigenvalue weighted by Crippen LogP contribution is 2.24. The second-order valence-corrected chi connectivity index (χ2v) is 6.70. The lowest BCUT2D eigenvalue weighted by Gasteiger charge is -2.34. The maximum Gasteiger partial charge on any atom is 0.256 e. The molecule has 3 aromatic rings. The first-order valence-electron chi connectivity index (χ1n) is 8.89. The molecular weight excluding hydrogens is 344 g/mol. The number of aryl methyl sites for hydroxylation is 1. The maximum atomic E-state index is 13.0. The van der Waals surface area contributed by atoms with Crippen molar-refractivity contribution < 1.29 is 9.59 Å². The van der Waals surface area contributed by atoms with Crippen molar-refractivity contribution in [3.8, 4) is 0 Å². The Bertz CT molecular complexity index is 1050. The number of nitrogens with zero attached hydrogens (tertiary/aromatic N) is 2. The van der Waals surface area contributed by atoms with Crippen molar-refractivity contribution in [2.24, 2.45) is 0 Å². The van der Waals surface area contributed by atoms with E-state index < -0.39 is 0 Å². The molecule has 0 unspecified atom stereocenters. The van der Waals surface area contributed by atoms with Crippen molar-refractivity contribution in [3.05, 3.63) is 69.8 Å². The first-order chi connectivity index (χ1) is 13.0. The Balaban J connectivity index is 1.48. The molecule has 3 heterocycles. The number of nitrogens with one attached hydrogen (secondary N) is 2. The molecule has 0 bridgehead atoms. The molecule has 1 aliphatic rings. The van der Waals surface area contributed by atoms with Gasteiger partial charge in [-0.15, -0.1) is 0 Å². The van der Waals surface area contributed by atoms with Gasteiger partial charge in [-0.05, 0) is 19.1 Å². The largest absolute Gasteiger partial charge is 0.358 e. The summed E-state index contributed by atoms with van der Waals surface area (Å²) in [5.41, 5.74) is 2.71. The zero-order chi connectivity index (χ0) is 19.0. The number of hydrogen-bond donors (Lipinski definition) is 2. The number of carbonyl (C=O) groups is 2. The van der Waals surface area contributed by atoms with Crippen LogP contribution in [0.4, 0.5) is 0 Å².